The number of nitrogens with zero attached hydrogens (tertiary/aromatic N) is 1. The van der Waals surface area contributed by atoms with Crippen LogP contribution < -0.4 is 5.32 Å². The van der Waals surface area contributed by atoms with Crippen molar-refractivity contribution in [3.63, 3.8) is 0 Å². The van der Waals surface area contributed by atoms with Crippen molar-refractivity contribution in [3.05, 3.63) is 29.8 Å². The van der Waals surface area contributed by atoms with Crippen LogP contribution in [0.1, 0.15) is 25.8 Å². The summed E-state index contributed by atoms with van der Waals surface area (Å²) in [6, 6.07) is 7.12. The predicted octanol–water partition coefficient (Wildman–Crippen LogP) is 1.60. The van der Waals surface area contributed by atoms with Crippen LogP contribution in [0.3, 0.4) is 0 Å². The number of rotatable bonds is 5. The molecule has 0 aliphatic carbocycles. The van der Waals surface area contributed by atoms with Gasteiger partial charge in [0.15, 0.2) is 0 Å². The van der Waals surface area contributed by atoms with Crippen LogP contribution in [0.5, 0.6) is 0 Å². The average Bonchev–Trinajstić information content (AvgIpc) is 2.70. The molecular formula is C15H24N2O3S. The zero-order chi connectivity index (χ0) is 15.3. The van der Waals surface area contributed by atoms with Crippen molar-refractivity contribution in [2.45, 2.75) is 37.8 Å². The van der Waals surface area contributed by atoms with Crippen LogP contribution in [0, 0.1) is 0 Å². The third-order valence-electron chi connectivity index (χ3n) is 3.56. The lowest BCUT2D eigenvalue weighted by molar-refractivity contribution is 0.0752. The monoisotopic (exact) mass is 312 g/mol. The van der Waals surface area contributed by atoms with E-state index in [0.717, 1.165) is 25.1 Å². The number of benzene rings is 1. The summed E-state index contributed by atoms with van der Waals surface area (Å²) < 4.78 is 32.4. The standard InChI is InChI=1S/C15H24N2O3S/c1-3-16-11-14-5-7-15(8-6-14)21(18,19)17-9-4-10-20-13(2)12-17/h5-8,13,16H,3-4,9-12H2,1-2H3. The van der Waals surface area contributed by atoms with Crippen LogP contribution in [-0.4, -0.2) is 45.1 Å². The largest absolute Gasteiger partial charge is 0.377 e. The molecule has 0 amide bonds. The predicted molar refractivity (Wildman–Crippen MR) is 82.6 cm³/mol. The molecule has 6 heteroatoms. The Labute approximate surface area is 127 Å². The summed E-state index contributed by atoms with van der Waals surface area (Å²) in [6.07, 6.45) is 0.678. The molecule has 1 atom stereocenters. The van der Waals surface area contributed by atoms with Crippen molar-refractivity contribution in [1.82, 2.24) is 9.62 Å². The zero-order valence-electron chi connectivity index (χ0n) is 12.7. The average molecular weight is 312 g/mol. The molecule has 1 fully saturated rings. The van der Waals surface area contributed by atoms with Gasteiger partial charge >= 0.3 is 0 Å². The van der Waals surface area contributed by atoms with Crippen LogP contribution in [-0.2, 0) is 21.3 Å². The molecule has 0 saturated carbocycles. The molecule has 0 spiro atoms. The van der Waals surface area contributed by atoms with E-state index >= 15 is 0 Å². The van der Waals surface area contributed by atoms with Crippen LogP contribution in [0.15, 0.2) is 29.2 Å². The Morgan fingerprint density at radius 3 is 2.71 bits per heavy atom. The van der Waals surface area contributed by atoms with Crippen molar-refractivity contribution >= 4 is 10.0 Å². The van der Waals surface area contributed by atoms with Gasteiger partial charge in [-0.2, -0.15) is 4.31 Å². The first-order valence-corrected chi connectivity index (χ1v) is 8.89. The first-order chi connectivity index (χ1) is 10.0. The highest BCUT2D eigenvalue weighted by Gasteiger charge is 2.27. The molecule has 1 unspecified atom stereocenters. The Balaban J connectivity index is 2.14. The maximum Gasteiger partial charge on any atom is 0.243 e. The molecule has 1 saturated heterocycles. The van der Waals surface area contributed by atoms with Crippen LogP contribution in [0.25, 0.3) is 0 Å². The maximum absolute atomic E-state index is 12.7. The van der Waals surface area contributed by atoms with Gasteiger partial charge in [-0.1, -0.05) is 19.1 Å². The third-order valence-corrected chi connectivity index (χ3v) is 5.43. The third kappa shape index (κ3) is 4.26. The molecule has 0 bridgehead atoms. The fraction of sp³-hybridized carbons (Fsp3) is 0.600. The van der Waals surface area contributed by atoms with Gasteiger partial charge in [0.25, 0.3) is 0 Å². The summed E-state index contributed by atoms with van der Waals surface area (Å²) in [5.74, 6) is 0. The van der Waals surface area contributed by atoms with E-state index in [-0.39, 0.29) is 6.10 Å². The summed E-state index contributed by atoms with van der Waals surface area (Å²) in [5.41, 5.74) is 1.09. The van der Waals surface area contributed by atoms with E-state index in [9.17, 15) is 8.42 Å². The lowest BCUT2D eigenvalue weighted by Crippen LogP contribution is -2.35. The van der Waals surface area contributed by atoms with Crippen molar-refractivity contribution in [2.24, 2.45) is 0 Å². The summed E-state index contributed by atoms with van der Waals surface area (Å²) >= 11 is 0. The van der Waals surface area contributed by atoms with E-state index in [1.54, 1.807) is 12.1 Å². The van der Waals surface area contributed by atoms with Gasteiger partial charge in [-0.25, -0.2) is 8.42 Å². The minimum absolute atomic E-state index is 0.0599. The fourth-order valence-corrected chi connectivity index (χ4v) is 3.93. The Kier molecular flexibility index (Phi) is 5.75. The molecule has 21 heavy (non-hydrogen) atoms. The number of sulfonamides is 1. The quantitative estimate of drug-likeness (QED) is 0.897. The molecule has 118 valence electrons. The number of nitrogens with one attached hydrogen (secondary N) is 1. The molecule has 0 aromatic heterocycles. The van der Waals surface area contributed by atoms with Gasteiger partial charge in [0, 0.05) is 26.2 Å². The second-order valence-electron chi connectivity index (χ2n) is 5.32. The first-order valence-electron chi connectivity index (χ1n) is 7.45. The second kappa shape index (κ2) is 7.35. The van der Waals surface area contributed by atoms with Gasteiger partial charge in [-0.15, -0.1) is 0 Å². The molecular weight excluding hydrogens is 288 g/mol. The topological polar surface area (TPSA) is 58.6 Å². The number of hydrogen-bond donors (Lipinski definition) is 1. The summed E-state index contributed by atoms with van der Waals surface area (Å²) in [7, 11) is -3.42. The molecule has 0 radical (unpaired) electrons. The van der Waals surface area contributed by atoms with Gasteiger partial charge in [-0.05, 0) is 37.6 Å². The minimum Gasteiger partial charge on any atom is -0.377 e. The van der Waals surface area contributed by atoms with Crippen molar-refractivity contribution in [2.75, 3.05) is 26.2 Å². The maximum atomic E-state index is 12.7. The Hall–Kier alpha value is -0.950. The smallest absolute Gasteiger partial charge is 0.243 e. The van der Waals surface area contributed by atoms with Gasteiger partial charge in [0.1, 0.15) is 0 Å². The van der Waals surface area contributed by atoms with Crippen LogP contribution in [0.2, 0.25) is 0 Å². The van der Waals surface area contributed by atoms with Crippen molar-refractivity contribution in [3.8, 4) is 0 Å². The summed E-state index contributed by atoms with van der Waals surface area (Å²) in [4.78, 5) is 0.358. The molecule has 1 aromatic rings. The van der Waals surface area contributed by atoms with Gasteiger partial charge in [0.2, 0.25) is 10.0 Å². The Bertz CT molecular complexity index is 543. The first kappa shape index (κ1) is 16.4. The van der Waals surface area contributed by atoms with E-state index in [4.69, 9.17) is 4.74 Å². The zero-order valence-corrected chi connectivity index (χ0v) is 13.5. The molecule has 5 nitrogen and oxygen atoms in total. The van der Waals surface area contributed by atoms with Crippen LogP contribution >= 0.6 is 0 Å². The molecule has 1 aromatic carbocycles. The molecule has 2 rings (SSSR count). The molecule has 1 N–H and O–H groups in total. The SMILES string of the molecule is CCNCc1ccc(S(=O)(=O)N2CCCOC(C)C2)cc1. The highest BCUT2D eigenvalue weighted by molar-refractivity contribution is 7.89. The molecule has 1 aliphatic heterocycles. The van der Waals surface area contributed by atoms with Crippen molar-refractivity contribution in [1.29, 1.82) is 0 Å². The second-order valence-corrected chi connectivity index (χ2v) is 7.26. The molecule has 1 heterocycles. The lowest BCUT2D eigenvalue weighted by atomic mass is 10.2. The molecule has 1 aliphatic rings. The van der Waals surface area contributed by atoms with Gasteiger partial charge in [0.05, 0.1) is 11.0 Å². The lowest BCUT2D eigenvalue weighted by Gasteiger charge is -2.21. The summed E-state index contributed by atoms with van der Waals surface area (Å²) in [6.45, 7) is 7.16. The summed E-state index contributed by atoms with van der Waals surface area (Å²) in [5, 5.41) is 3.22. The van der Waals surface area contributed by atoms with E-state index in [1.165, 1.54) is 4.31 Å². The number of ether oxygens (including phenoxy) is 1. The highest BCUT2D eigenvalue weighted by atomic mass is 32.2. The minimum atomic E-state index is -3.42. The van der Waals surface area contributed by atoms with E-state index < -0.39 is 10.0 Å². The van der Waals surface area contributed by atoms with Crippen molar-refractivity contribution < 1.29 is 13.2 Å². The highest BCUT2D eigenvalue weighted by Crippen LogP contribution is 2.19. The Morgan fingerprint density at radius 1 is 1.33 bits per heavy atom. The van der Waals surface area contributed by atoms with E-state index in [1.807, 2.05) is 26.0 Å². The van der Waals surface area contributed by atoms with E-state index in [2.05, 4.69) is 5.32 Å². The van der Waals surface area contributed by atoms with Gasteiger partial charge in [-0.3, -0.25) is 0 Å². The Morgan fingerprint density at radius 2 is 2.05 bits per heavy atom. The fourth-order valence-electron chi connectivity index (χ4n) is 2.37. The number of hydrogen-bond acceptors (Lipinski definition) is 4. The normalized spacial score (nSPS) is 21.1. The van der Waals surface area contributed by atoms with Crippen LogP contribution in [0.4, 0.5) is 0 Å². The van der Waals surface area contributed by atoms with Gasteiger partial charge < -0.3 is 10.1 Å². The van der Waals surface area contributed by atoms with E-state index in [0.29, 0.717) is 24.6 Å².